The summed E-state index contributed by atoms with van der Waals surface area (Å²) in [7, 11) is -3.89. The van der Waals surface area contributed by atoms with Crippen LogP contribution in [0.3, 0.4) is 0 Å². The molecule has 1 N–H and O–H groups in total. The largest absolute Gasteiger partial charge is 0.454 e. The number of carbonyl (C=O) groups excluding carboxylic acids is 3. The van der Waals surface area contributed by atoms with Crippen LogP contribution in [0.15, 0.2) is 53.4 Å². The maximum atomic E-state index is 13.1. The van der Waals surface area contributed by atoms with Crippen LogP contribution in [-0.4, -0.2) is 55.2 Å². The Bertz CT molecular complexity index is 1240. The Hall–Kier alpha value is -3.24. The van der Waals surface area contributed by atoms with E-state index in [1.54, 1.807) is 50.2 Å². The molecule has 0 saturated carbocycles. The van der Waals surface area contributed by atoms with Gasteiger partial charge in [0.15, 0.2) is 6.61 Å². The van der Waals surface area contributed by atoms with E-state index in [-0.39, 0.29) is 17.3 Å². The molecule has 2 amide bonds. The van der Waals surface area contributed by atoms with Gasteiger partial charge in [0, 0.05) is 6.54 Å². The summed E-state index contributed by atoms with van der Waals surface area (Å²) in [5.41, 5.74) is 0.701. The Morgan fingerprint density at radius 1 is 1.12 bits per heavy atom. The first kappa shape index (κ1) is 23.9. The highest BCUT2D eigenvalue weighted by Gasteiger charge is 2.45. The van der Waals surface area contributed by atoms with Gasteiger partial charge in [0.2, 0.25) is 15.9 Å². The third-order valence-corrected chi connectivity index (χ3v) is 8.12. The number of nitrogens with one attached hydrogen (secondary N) is 1. The number of sulfonamides is 1. The van der Waals surface area contributed by atoms with Gasteiger partial charge in [0.1, 0.15) is 11.6 Å². The smallest absolute Gasteiger partial charge is 0.324 e. The number of hydrogen-bond donors (Lipinski definition) is 1. The fourth-order valence-electron chi connectivity index (χ4n) is 4.30. The Morgan fingerprint density at radius 3 is 2.50 bits per heavy atom. The molecule has 0 aliphatic carbocycles. The number of carbonyl (C=O) groups is 3. The predicted octanol–water partition coefficient (Wildman–Crippen LogP) is 2.46. The van der Waals surface area contributed by atoms with E-state index in [2.05, 4.69) is 5.32 Å². The molecule has 180 valence electrons. The highest BCUT2D eigenvalue weighted by molar-refractivity contribution is 7.89. The Balaban J connectivity index is 1.49. The number of benzene rings is 2. The fraction of sp³-hybridized carbons (Fsp3) is 0.375. The summed E-state index contributed by atoms with van der Waals surface area (Å²) < 4.78 is 32.6. The molecule has 1 saturated heterocycles. The summed E-state index contributed by atoms with van der Waals surface area (Å²) in [5.74, 6) is -1.72. The van der Waals surface area contributed by atoms with Crippen molar-refractivity contribution in [3.8, 4) is 0 Å². The molecular formula is C24H27N3O6S. The SMILES string of the molecule is Cc1ccc(S(=O)(=O)N2CCC[C@@H]2C(=O)OCC(=O)N2c3ccccc3NC(=O)C2(C)C)cc1. The topological polar surface area (TPSA) is 113 Å². The first-order chi connectivity index (χ1) is 16.0. The van der Waals surface area contributed by atoms with Crippen molar-refractivity contribution >= 4 is 39.2 Å². The lowest BCUT2D eigenvalue weighted by atomic mass is 9.96. The number of rotatable bonds is 5. The van der Waals surface area contributed by atoms with Crippen LogP contribution >= 0.6 is 0 Å². The van der Waals surface area contributed by atoms with Gasteiger partial charge in [-0.2, -0.15) is 4.31 Å². The quantitative estimate of drug-likeness (QED) is 0.651. The summed E-state index contributed by atoms with van der Waals surface area (Å²) in [6, 6.07) is 12.3. The maximum Gasteiger partial charge on any atom is 0.324 e. The van der Waals surface area contributed by atoms with Crippen molar-refractivity contribution in [1.29, 1.82) is 0 Å². The van der Waals surface area contributed by atoms with Gasteiger partial charge in [-0.1, -0.05) is 29.8 Å². The Labute approximate surface area is 198 Å². The fourth-order valence-corrected chi connectivity index (χ4v) is 5.95. The van der Waals surface area contributed by atoms with Crippen molar-refractivity contribution in [2.75, 3.05) is 23.4 Å². The molecule has 2 aromatic rings. The van der Waals surface area contributed by atoms with Gasteiger partial charge < -0.3 is 10.1 Å². The highest BCUT2D eigenvalue weighted by atomic mass is 32.2. The maximum absolute atomic E-state index is 13.1. The van der Waals surface area contributed by atoms with E-state index in [0.717, 1.165) is 9.87 Å². The zero-order valence-corrected chi connectivity index (χ0v) is 20.1. The molecule has 1 fully saturated rings. The van der Waals surface area contributed by atoms with Crippen LogP contribution < -0.4 is 10.2 Å². The number of fused-ring (bicyclic) bond motifs is 1. The molecule has 2 heterocycles. The minimum absolute atomic E-state index is 0.103. The second-order valence-corrected chi connectivity index (χ2v) is 10.8. The third kappa shape index (κ3) is 4.19. The van der Waals surface area contributed by atoms with Crippen LogP contribution in [0.5, 0.6) is 0 Å². The number of aryl methyl sites for hydroxylation is 1. The summed E-state index contributed by atoms with van der Waals surface area (Å²) in [6.45, 7) is 4.64. The van der Waals surface area contributed by atoms with Crippen molar-refractivity contribution < 1.29 is 27.5 Å². The summed E-state index contributed by atoms with van der Waals surface area (Å²) in [6.07, 6.45) is 0.810. The standard InChI is InChI=1S/C24H27N3O6S/c1-16-10-12-17(13-11-16)34(31,32)26-14-6-9-20(26)22(29)33-15-21(28)27-19-8-5-4-7-18(19)25-23(30)24(27,2)3/h4-5,7-8,10-13,20H,6,9,14-15H2,1-3H3,(H,25,30)/t20-/m1/s1. The number of para-hydroxylation sites is 2. The predicted molar refractivity (Wildman–Crippen MR) is 126 cm³/mol. The monoisotopic (exact) mass is 485 g/mol. The zero-order chi connectivity index (χ0) is 24.7. The first-order valence-electron chi connectivity index (χ1n) is 11.0. The van der Waals surface area contributed by atoms with E-state index < -0.39 is 40.1 Å². The Morgan fingerprint density at radius 2 is 1.79 bits per heavy atom. The normalized spacial score (nSPS) is 19.9. The van der Waals surface area contributed by atoms with Crippen molar-refractivity contribution in [3.63, 3.8) is 0 Å². The molecule has 0 spiro atoms. The zero-order valence-electron chi connectivity index (χ0n) is 19.3. The van der Waals surface area contributed by atoms with E-state index in [4.69, 9.17) is 4.74 Å². The van der Waals surface area contributed by atoms with Crippen LogP contribution in [0.4, 0.5) is 11.4 Å². The average molecular weight is 486 g/mol. The molecular weight excluding hydrogens is 458 g/mol. The Kier molecular flexibility index (Phi) is 6.22. The van der Waals surface area contributed by atoms with E-state index in [1.807, 2.05) is 6.92 Å². The van der Waals surface area contributed by atoms with Crippen LogP contribution in [0.25, 0.3) is 0 Å². The average Bonchev–Trinajstić information content (AvgIpc) is 3.29. The molecule has 0 radical (unpaired) electrons. The highest BCUT2D eigenvalue weighted by Crippen LogP contribution is 2.36. The first-order valence-corrected chi connectivity index (χ1v) is 12.5. The number of nitrogens with zero attached hydrogens (tertiary/aromatic N) is 2. The summed E-state index contributed by atoms with van der Waals surface area (Å²) in [5, 5.41) is 2.77. The van der Waals surface area contributed by atoms with E-state index in [9.17, 15) is 22.8 Å². The van der Waals surface area contributed by atoms with Crippen molar-refractivity contribution in [2.24, 2.45) is 0 Å². The van der Waals surface area contributed by atoms with Gasteiger partial charge in [-0.05, 0) is 57.9 Å². The second kappa shape index (κ2) is 8.84. The van der Waals surface area contributed by atoms with Gasteiger partial charge in [-0.15, -0.1) is 0 Å². The lowest BCUT2D eigenvalue weighted by Crippen LogP contribution is -2.59. The van der Waals surface area contributed by atoms with Gasteiger partial charge in [0.05, 0.1) is 16.3 Å². The second-order valence-electron chi connectivity index (χ2n) is 8.95. The molecule has 34 heavy (non-hydrogen) atoms. The molecule has 2 aromatic carbocycles. The van der Waals surface area contributed by atoms with Crippen LogP contribution in [-0.2, 0) is 29.1 Å². The molecule has 10 heteroatoms. The number of anilines is 2. The molecule has 2 aliphatic heterocycles. The van der Waals surface area contributed by atoms with Crippen molar-refractivity contribution in [2.45, 2.75) is 50.1 Å². The van der Waals surface area contributed by atoms with E-state index in [0.29, 0.717) is 24.2 Å². The molecule has 0 aromatic heterocycles. The van der Waals surface area contributed by atoms with Crippen molar-refractivity contribution in [3.05, 3.63) is 54.1 Å². The van der Waals surface area contributed by atoms with Gasteiger partial charge in [-0.3, -0.25) is 19.3 Å². The lowest BCUT2D eigenvalue weighted by molar-refractivity contribution is -0.151. The number of esters is 1. The van der Waals surface area contributed by atoms with Gasteiger partial charge in [0.25, 0.3) is 5.91 Å². The van der Waals surface area contributed by atoms with Crippen LogP contribution in [0, 0.1) is 6.92 Å². The summed E-state index contributed by atoms with van der Waals surface area (Å²) in [4.78, 5) is 40.0. The molecule has 0 bridgehead atoms. The molecule has 1 atom stereocenters. The molecule has 9 nitrogen and oxygen atoms in total. The number of amides is 2. The van der Waals surface area contributed by atoms with E-state index >= 15 is 0 Å². The lowest BCUT2D eigenvalue weighted by Gasteiger charge is -2.41. The summed E-state index contributed by atoms with van der Waals surface area (Å²) >= 11 is 0. The molecule has 4 rings (SSSR count). The van der Waals surface area contributed by atoms with Crippen molar-refractivity contribution in [1.82, 2.24) is 4.31 Å². The van der Waals surface area contributed by atoms with Gasteiger partial charge >= 0.3 is 5.97 Å². The van der Waals surface area contributed by atoms with E-state index in [1.165, 1.54) is 17.0 Å². The van der Waals surface area contributed by atoms with Crippen LogP contribution in [0.2, 0.25) is 0 Å². The van der Waals surface area contributed by atoms with Gasteiger partial charge in [-0.25, -0.2) is 8.42 Å². The number of hydrogen-bond acceptors (Lipinski definition) is 6. The molecule has 0 unspecified atom stereocenters. The molecule has 2 aliphatic rings. The number of ether oxygens (including phenoxy) is 1. The minimum Gasteiger partial charge on any atom is -0.454 e. The minimum atomic E-state index is -3.89. The third-order valence-electron chi connectivity index (χ3n) is 6.20. The van der Waals surface area contributed by atoms with Crippen LogP contribution in [0.1, 0.15) is 32.3 Å².